The molecular formula is C8H19N3. The predicted octanol–water partition coefficient (Wildman–Crippen LogP) is 2.76. The molecule has 0 unspecified atom stereocenters. The van der Waals surface area contributed by atoms with E-state index in [1.807, 2.05) is 27.7 Å². The zero-order valence-electron chi connectivity index (χ0n) is 8.13. The van der Waals surface area contributed by atoms with Gasteiger partial charge in [0.2, 0.25) is 0 Å². The van der Waals surface area contributed by atoms with Crippen molar-refractivity contribution in [2.24, 2.45) is 9.98 Å². The molecule has 0 aliphatic heterocycles. The summed E-state index contributed by atoms with van der Waals surface area (Å²) in [6.45, 7) is 9.79. The van der Waals surface area contributed by atoms with E-state index in [0.717, 1.165) is 6.34 Å². The molecule has 0 fully saturated rings. The van der Waals surface area contributed by atoms with E-state index in [1.165, 1.54) is 6.34 Å². The molecule has 0 saturated carbocycles. The summed E-state index contributed by atoms with van der Waals surface area (Å²) < 4.78 is 0. The van der Waals surface area contributed by atoms with Crippen LogP contribution in [0.4, 0.5) is 0 Å². The lowest BCUT2D eigenvalue weighted by Crippen LogP contribution is -1.65. The van der Waals surface area contributed by atoms with Crippen LogP contribution in [0.25, 0.3) is 0 Å². The van der Waals surface area contributed by atoms with Gasteiger partial charge in [0, 0.05) is 6.21 Å². The Bertz CT molecular complexity index is 95.5. The van der Waals surface area contributed by atoms with Crippen molar-refractivity contribution >= 4 is 18.9 Å². The van der Waals surface area contributed by atoms with E-state index in [1.54, 1.807) is 13.1 Å². The molecular weight excluding hydrogens is 138 g/mol. The minimum absolute atomic E-state index is 0.938. The van der Waals surface area contributed by atoms with E-state index in [9.17, 15) is 0 Å². The van der Waals surface area contributed by atoms with Crippen molar-refractivity contribution in [3.05, 3.63) is 0 Å². The van der Waals surface area contributed by atoms with Crippen LogP contribution >= 0.6 is 0 Å². The maximum Gasteiger partial charge on any atom is 0.116 e. The Labute approximate surface area is 69.8 Å². The van der Waals surface area contributed by atoms with Crippen LogP contribution < -0.4 is 0 Å². The first-order valence-corrected chi connectivity index (χ1v) is 3.90. The van der Waals surface area contributed by atoms with Crippen LogP contribution in [0.5, 0.6) is 0 Å². The van der Waals surface area contributed by atoms with Crippen LogP contribution in [0.2, 0.25) is 0 Å². The van der Waals surface area contributed by atoms with Crippen molar-refractivity contribution < 1.29 is 0 Å². The van der Waals surface area contributed by atoms with Crippen molar-refractivity contribution in [3.63, 3.8) is 0 Å². The molecule has 0 rings (SSSR count). The summed E-state index contributed by atoms with van der Waals surface area (Å²) in [6.07, 6.45) is 3.85. The van der Waals surface area contributed by atoms with Gasteiger partial charge in [0.15, 0.2) is 0 Å². The average Bonchev–Trinajstić information content (AvgIpc) is 2.13. The summed E-state index contributed by atoms with van der Waals surface area (Å²) in [5.74, 6) is 0. The minimum Gasteiger partial charge on any atom is -0.289 e. The van der Waals surface area contributed by atoms with Gasteiger partial charge in [0.1, 0.15) is 12.7 Å². The molecule has 3 heteroatoms. The van der Waals surface area contributed by atoms with Gasteiger partial charge in [-0.3, -0.25) is 5.41 Å². The van der Waals surface area contributed by atoms with Gasteiger partial charge >= 0.3 is 0 Å². The summed E-state index contributed by atoms with van der Waals surface area (Å²) in [6, 6.07) is 0. The highest BCUT2D eigenvalue weighted by molar-refractivity contribution is 5.76. The fourth-order valence-electron chi connectivity index (χ4n) is 0.138. The second-order valence-corrected chi connectivity index (χ2v) is 0.801. The highest BCUT2D eigenvalue weighted by Crippen LogP contribution is 1.55. The Morgan fingerprint density at radius 2 is 1.45 bits per heavy atom. The molecule has 3 nitrogen and oxygen atoms in total. The molecule has 0 aromatic heterocycles. The fraction of sp³-hybridized carbons (Fsp3) is 0.625. The zero-order chi connectivity index (χ0) is 9.54. The molecule has 0 atom stereocenters. The number of nitrogens with one attached hydrogen (secondary N) is 1. The normalized spacial score (nSPS) is 8.09. The summed E-state index contributed by atoms with van der Waals surface area (Å²) >= 11 is 0. The molecule has 11 heavy (non-hydrogen) atoms. The SMILES string of the molecule is CC.CC.CC=NC=NC=N. The minimum atomic E-state index is 0.938. The number of hydrogen-bond acceptors (Lipinski definition) is 1. The molecule has 0 bridgehead atoms. The van der Waals surface area contributed by atoms with Gasteiger partial charge in [-0.1, -0.05) is 27.7 Å². The van der Waals surface area contributed by atoms with Crippen molar-refractivity contribution in [2.75, 3.05) is 0 Å². The fourth-order valence-corrected chi connectivity index (χ4v) is 0.138. The summed E-state index contributed by atoms with van der Waals surface area (Å²) in [7, 11) is 0. The third-order valence-electron chi connectivity index (χ3n) is 0.357. The van der Waals surface area contributed by atoms with E-state index >= 15 is 0 Å². The van der Waals surface area contributed by atoms with Crippen molar-refractivity contribution in [3.8, 4) is 0 Å². The summed E-state index contributed by atoms with van der Waals surface area (Å²) in [5.41, 5.74) is 0. The lowest BCUT2D eigenvalue weighted by molar-refractivity contribution is 1.50. The van der Waals surface area contributed by atoms with E-state index in [-0.39, 0.29) is 0 Å². The lowest BCUT2D eigenvalue weighted by Gasteiger charge is -1.66. The van der Waals surface area contributed by atoms with Crippen LogP contribution in [0.1, 0.15) is 34.6 Å². The van der Waals surface area contributed by atoms with E-state index in [2.05, 4.69) is 9.98 Å². The van der Waals surface area contributed by atoms with E-state index in [0.29, 0.717) is 0 Å². The lowest BCUT2D eigenvalue weighted by atomic mass is 10.9. The molecule has 0 heterocycles. The van der Waals surface area contributed by atoms with E-state index < -0.39 is 0 Å². The van der Waals surface area contributed by atoms with Gasteiger partial charge in [0.05, 0.1) is 0 Å². The van der Waals surface area contributed by atoms with Gasteiger partial charge in [-0.25, -0.2) is 9.98 Å². The van der Waals surface area contributed by atoms with Crippen LogP contribution in [0, 0.1) is 5.41 Å². The highest BCUT2D eigenvalue weighted by atomic mass is 14.8. The molecule has 0 aliphatic carbocycles. The van der Waals surface area contributed by atoms with Crippen LogP contribution in [0.15, 0.2) is 9.98 Å². The third-order valence-corrected chi connectivity index (χ3v) is 0.357. The largest absolute Gasteiger partial charge is 0.289 e. The molecule has 0 aromatic rings. The maximum absolute atomic E-state index is 6.38. The molecule has 66 valence electrons. The first-order valence-electron chi connectivity index (χ1n) is 3.90. The second-order valence-electron chi connectivity index (χ2n) is 0.801. The topological polar surface area (TPSA) is 48.6 Å². The van der Waals surface area contributed by atoms with Gasteiger partial charge in [-0.15, -0.1) is 0 Å². The first kappa shape index (κ1) is 16.5. The van der Waals surface area contributed by atoms with Crippen LogP contribution in [-0.4, -0.2) is 18.9 Å². The highest BCUT2D eigenvalue weighted by Gasteiger charge is 1.53. The van der Waals surface area contributed by atoms with Gasteiger partial charge in [-0.2, -0.15) is 0 Å². The van der Waals surface area contributed by atoms with Crippen molar-refractivity contribution in [1.29, 1.82) is 5.41 Å². The monoisotopic (exact) mass is 157 g/mol. The molecule has 0 amide bonds. The number of aliphatic imine (C=N–C) groups is 2. The summed E-state index contributed by atoms with van der Waals surface area (Å²) in [4.78, 5) is 6.97. The van der Waals surface area contributed by atoms with Crippen LogP contribution in [0.3, 0.4) is 0 Å². The molecule has 0 aromatic carbocycles. The Balaban J connectivity index is -0.000000138. The number of nitrogens with zero attached hydrogens (tertiary/aromatic N) is 2. The third kappa shape index (κ3) is 48.9. The first-order chi connectivity index (χ1) is 5.41. The smallest absolute Gasteiger partial charge is 0.116 e. The Kier molecular flexibility index (Phi) is 54.0. The molecule has 0 radical (unpaired) electrons. The van der Waals surface area contributed by atoms with Crippen LogP contribution in [-0.2, 0) is 0 Å². The second kappa shape index (κ2) is 36.0. The van der Waals surface area contributed by atoms with Gasteiger partial charge in [0.25, 0.3) is 0 Å². The number of hydrogen-bond donors (Lipinski definition) is 1. The maximum atomic E-state index is 6.38. The standard InChI is InChI=1S/C4H7N3.2C2H6/c1-2-6-4-7-3-5;2*1-2/h2-5H,1H3;2*1-2H3. The molecule has 1 N–H and O–H groups in total. The van der Waals surface area contributed by atoms with Gasteiger partial charge in [-0.05, 0) is 6.92 Å². The van der Waals surface area contributed by atoms with Gasteiger partial charge < -0.3 is 0 Å². The summed E-state index contributed by atoms with van der Waals surface area (Å²) in [5, 5.41) is 6.38. The number of rotatable bonds is 2. The Hall–Kier alpha value is -0.990. The van der Waals surface area contributed by atoms with Crippen molar-refractivity contribution in [2.45, 2.75) is 34.6 Å². The average molecular weight is 157 g/mol. The van der Waals surface area contributed by atoms with Crippen molar-refractivity contribution in [1.82, 2.24) is 0 Å². The molecule has 0 spiro atoms. The Morgan fingerprint density at radius 3 is 1.73 bits per heavy atom. The Morgan fingerprint density at radius 1 is 1.00 bits per heavy atom. The zero-order valence-corrected chi connectivity index (χ0v) is 8.13. The quantitative estimate of drug-likeness (QED) is 0.473. The molecule has 0 aliphatic rings. The predicted molar refractivity (Wildman–Crippen MR) is 54.1 cm³/mol. The molecule has 0 saturated heterocycles. The van der Waals surface area contributed by atoms with E-state index in [4.69, 9.17) is 5.41 Å².